The van der Waals surface area contributed by atoms with Crippen LogP contribution in [0.2, 0.25) is 0 Å². The van der Waals surface area contributed by atoms with E-state index in [0.717, 1.165) is 19.3 Å². The van der Waals surface area contributed by atoms with E-state index in [-0.39, 0.29) is 18.7 Å². The van der Waals surface area contributed by atoms with Crippen LogP contribution in [0.4, 0.5) is 0 Å². The van der Waals surface area contributed by atoms with Crippen molar-refractivity contribution in [1.29, 1.82) is 0 Å². The molecule has 0 amide bonds. The van der Waals surface area contributed by atoms with Crippen LogP contribution >= 0.6 is 0 Å². The van der Waals surface area contributed by atoms with Gasteiger partial charge < -0.3 is 5.11 Å². The van der Waals surface area contributed by atoms with Crippen molar-refractivity contribution in [2.24, 2.45) is 0 Å². The summed E-state index contributed by atoms with van der Waals surface area (Å²) in [5.41, 5.74) is 1.12. The number of rotatable bonds is 5. The largest absolute Gasteiger partial charge is 0.394 e. The molecule has 0 saturated carbocycles. The van der Waals surface area contributed by atoms with Crippen LogP contribution in [-0.4, -0.2) is 46.3 Å². The van der Waals surface area contributed by atoms with Crippen LogP contribution in [-0.2, 0) is 16.6 Å². The van der Waals surface area contributed by atoms with Crippen LogP contribution in [0, 0.1) is 13.8 Å². The summed E-state index contributed by atoms with van der Waals surface area (Å²) >= 11 is 0. The Kier molecular flexibility index (Phi) is 4.75. The molecule has 0 aliphatic carbocycles. The zero-order chi connectivity index (χ0) is 15.8. The second-order valence-corrected chi connectivity index (χ2v) is 7.55. The lowest BCUT2D eigenvalue weighted by Gasteiger charge is -2.27. The van der Waals surface area contributed by atoms with Gasteiger partial charge in [0.05, 0.1) is 24.5 Å². The highest BCUT2D eigenvalue weighted by molar-refractivity contribution is 7.89. The second kappa shape index (κ2) is 6.06. The molecular formula is C14H25N3O3S. The predicted octanol–water partition coefficient (Wildman–Crippen LogP) is 1.44. The number of aliphatic hydroxyl groups is 1. The summed E-state index contributed by atoms with van der Waals surface area (Å²) in [6.07, 6.45) is 2.65. The zero-order valence-corrected chi connectivity index (χ0v) is 14.0. The molecule has 1 aliphatic heterocycles. The molecule has 0 spiro atoms. The summed E-state index contributed by atoms with van der Waals surface area (Å²) < 4.78 is 29.4. The fourth-order valence-electron chi connectivity index (χ4n) is 3.34. The quantitative estimate of drug-likeness (QED) is 0.892. The molecule has 2 unspecified atom stereocenters. The normalized spacial score (nSPS) is 23.9. The maximum atomic E-state index is 13.1. The zero-order valence-electron chi connectivity index (χ0n) is 13.2. The third kappa shape index (κ3) is 2.74. The fraction of sp³-hybridized carbons (Fsp3) is 0.786. The summed E-state index contributed by atoms with van der Waals surface area (Å²) in [4.78, 5) is 0.308. The van der Waals surface area contributed by atoms with Gasteiger partial charge in [-0.05, 0) is 40.0 Å². The third-order valence-electron chi connectivity index (χ3n) is 4.35. The molecule has 1 aliphatic rings. The number of hydrogen-bond donors (Lipinski definition) is 1. The Morgan fingerprint density at radius 3 is 2.57 bits per heavy atom. The monoisotopic (exact) mass is 315 g/mol. The van der Waals surface area contributed by atoms with Gasteiger partial charge in [0.2, 0.25) is 10.0 Å². The van der Waals surface area contributed by atoms with Crippen molar-refractivity contribution < 1.29 is 13.5 Å². The molecule has 1 fully saturated rings. The predicted molar refractivity (Wildman–Crippen MR) is 80.6 cm³/mol. The Morgan fingerprint density at radius 1 is 1.33 bits per heavy atom. The maximum Gasteiger partial charge on any atom is 0.247 e. The molecule has 0 bridgehead atoms. The average Bonchev–Trinajstić information content (AvgIpc) is 2.91. The lowest BCUT2D eigenvalue weighted by Crippen LogP contribution is -2.40. The van der Waals surface area contributed by atoms with E-state index in [0.29, 0.717) is 22.8 Å². The van der Waals surface area contributed by atoms with Crippen molar-refractivity contribution in [3.8, 4) is 0 Å². The van der Waals surface area contributed by atoms with Crippen LogP contribution in [0.3, 0.4) is 0 Å². The molecule has 1 aromatic rings. The Balaban J connectivity index is 2.49. The number of hydrogen-bond acceptors (Lipinski definition) is 4. The van der Waals surface area contributed by atoms with E-state index < -0.39 is 10.0 Å². The van der Waals surface area contributed by atoms with Gasteiger partial charge in [0, 0.05) is 12.1 Å². The first-order valence-corrected chi connectivity index (χ1v) is 8.97. The third-order valence-corrected chi connectivity index (χ3v) is 6.67. The van der Waals surface area contributed by atoms with Gasteiger partial charge in [-0.1, -0.05) is 6.92 Å². The molecule has 6 nitrogen and oxygen atoms in total. The summed E-state index contributed by atoms with van der Waals surface area (Å²) in [5.74, 6) is 0. The van der Waals surface area contributed by atoms with Crippen molar-refractivity contribution >= 4 is 10.0 Å². The highest BCUT2D eigenvalue weighted by Crippen LogP contribution is 2.34. The second-order valence-electron chi connectivity index (χ2n) is 5.77. The van der Waals surface area contributed by atoms with E-state index in [9.17, 15) is 8.42 Å². The molecule has 0 radical (unpaired) electrons. The molecular weight excluding hydrogens is 290 g/mol. The van der Waals surface area contributed by atoms with E-state index in [1.807, 2.05) is 13.8 Å². The van der Waals surface area contributed by atoms with Gasteiger partial charge in [-0.2, -0.15) is 9.40 Å². The molecule has 1 saturated heterocycles. The Bertz CT molecular complexity index is 609. The van der Waals surface area contributed by atoms with Gasteiger partial charge in [-0.15, -0.1) is 0 Å². The van der Waals surface area contributed by atoms with Gasteiger partial charge in [0.25, 0.3) is 0 Å². The smallest absolute Gasteiger partial charge is 0.247 e. The maximum absolute atomic E-state index is 13.1. The van der Waals surface area contributed by atoms with Gasteiger partial charge in [-0.3, -0.25) is 4.68 Å². The SMILES string of the molecule is CCC1CCC(C)N1S(=O)(=O)c1c(C)nn(CCO)c1C. The minimum atomic E-state index is -3.54. The van der Waals surface area contributed by atoms with Gasteiger partial charge in [0.15, 0.2) is 0 Å². The first-order valence-electron chi connectivity index (χ1n) is 7.53. The van der Waals surface area contributed by atoms with Crippen LogP contribution in [0.5, 0.6) is 0 Å². The molecule has 2 atom stereocenters. The fourth-order valence-corrected chi connectivity index (χ4v) is 5.67. The van der Waals surface area contributed by atoms with E-state index in [4.69, 9.17) is 5.11 Å². The lowest BCUT2D eigenvalue weighted by atomic mass is 10.2. The van der Waals surface area contributed by atoms with Crippen molar-refractivity contribution in [3.05, 3.63) is 11.4 Å². The molecule has 1 aromatic heterocycles. The molecule has 120 valence electrons. The minimum Gasteiger partial charge on any atom is -0.394 e. The highest BCUT2D eigenvalue weighted by Gasteiger charge is 2.41. The van der Waals surface area contributed by atoms with Gasteiger partial charge in [-0.25, -0.2) is 8.42 Å². The molecule has 2 rings (SSSR count). The first-order chi connectivity index (χ1) is 9.84. The van der Waals surface area contributed by atoms with Crippen molar-refractivity contribution in [3.63, 3.8) is 0 Å². The number of nitrogens with zero attached hydrogens (tertiary/aromatic N) is 3. The molecule has 0 aromatic carbocycles. The average molecular weight is 315 g/mol. The van der Waals surface area contributed by atoms with Crippen LogP contribution in [0.1, 0.15) is 44.5 Å². The van der Waals surface area contributed by atoms with Crippen LogP contribution in [0.15, 0.2) is 4.90 Å². The summed E-state index contributed by atoms with van der Waals surface area (Å²) in [5, 5.41) is 13.3. The number of sulfonamides is 1. The van der Waals surface area contributed by atoms with E-state index in [1.165, 1.54) is 0 Å². The van der Waals surface area contributed by atoms with Crippen LogP contribution in [0.25, 0.3) is 0 Å². The lowest BCUT2D eigenvalue weighted by molar-refractivity contribution is 0.267. The summed E-state index contributed by atoms with van der Waals surface area (Å²) in [7, 11) is -3.54. The topological polar surface area (TPSA) is 75.4 Å². The number of aliphatic hydroxyl groups excluding tert-OH is 1. The minimum absolute atomic E-state index is 0.0277. The van der Waals surface area contributed by atoms with Crippen molar-refractivity contribution in [1.82, 2.24) is 14.1 Å². The summed E-state index contributed by atoms with van der Waals surface area (Å²) in [6, 6.07) is 0.102. The Labute approximate surface area is 126 Å². The van der Waals surface area contributed by atoms with E-state index in [2.05, 4.69) is 5.10 Å². The van der Waals surface area contributed by atoms with Crippen molar-refractivity contribution in [2.75, 3.05) is 6.61 Å². The number of aryl methyl sites for hydroxylation is 1. The van der Waals surface area contributed by atoms with Gasteiger partial charge in [0.1, 0.15) is 4.90 Å². The van der Waals surface area contributed by atoms with E-state index in [1.54, 1.807) is 22.8 Å². The Morgan fingerprint density at radius 2 is 2.00 bits per heavy atom. The molecule has 21 heavy (non-hydrogen) atoms. The highest BCUT2D eigenvalue weighted by atomic mass is 32.2. The standard InChI is InChI=1S/C14H25N3O3S/c1-5-13-7-6-10(2)17(13)21(19,20)14-11(3)15-16(8-9-18)12(14)4/h10,13,18H,5-9H2,1-4H3. The van der Waals surface area contributed by atoms with Gasteiger partial charge >= 0.3 is 0 Å². The summed E-state index contributed by atoms with van der Waals surface area (Å²) in [6.45, 7) is 7.73. The first kappa shape index (κ1) is 16.5. The Hall–Kier alpha value is -0.920. The molecule has 2 heterocycles. The molecule has 1 N–H and O–H groups in total. The van der Waals surface area contributed by atoms with Crippen molar-refractivity contribution in [2.45, 2.75) is 70.5 Å². The number of aromatic nitrogens is 2. The molecule has 7 heteroatoms. The van der Waals surface area contributed by atoms with Crippen LogP contribution < -0.4 is 0 Å². The van der Waals surface area contributed by atoms with E-state index >= 15 is 0 Å².